The molecule has 1 aliphatic rings. The standard InChI is InChI=1S/C12H13N3O/c13-7-10-3-4-11(15-8-10)12(16)14-6-5-9-1-2-9/h3-4,8-9H,1-2,5-6H2,(H,14,16). The van der Waals surface area contributed by atoms with E-state index in [4.69, 9.17) is 5.26 Å². The summed E-state index contributed by atoms with van der Waals surface area (Å²) < 4.78 is 0. The molecule has 1 saturated carbocycles. The predicted octanol–water partition coefficient (Wildman–Crippen LogP) is 1.48. The van der Waals surface area contributed by atoms with E-state index in [-0.39, 0.29) is 5.91 Å². The molecule has 1 aromatic heterocycles. The highest BCUT2D eigenvalue weighted by atomic mass is 16.1. The summed E-state index contributed by atoms with van der Waals surface area (Å²) >= 11 is 0. The van der Waals surface area contributed by atoms with Crippen molar-refractivity contribution in [1.82, 2.24) is 10.3 Å². The van der Waals surface area contributed by atoms with Crippen molar-refractivity contribution in [2.45, 2.75) is 19.3 Å². The van der Waals surface area contributed by atoms with E-state index in [9.17, 15) is 4.79 Å². The average Bonchev–Trinajstić information content (AvgIpc) is 3.13. The van der Waals surface area contributed by atoms with Crippen molar-refractivity contribution in [1.29, 1.82) is 5.26 Å². The van der Waals surface area contributed by atoms with Crippen LogP contribution in [0, 0.1) is 17.2 Å². The van der Waals surface area contributed by atoms with Crippen LogP contribution in [0.15, 0.2) is 18.3 Å². The number of aromatic nitrogens is 1. The van der Waals surface area contributed by atoms with Crippen LogP contribution in [0.2, 0.25) is 0 Å². The number of carbonyl (C=O) groups is 1. The molecule has 0 saturated heterocycles. The van der Waals surface area contributed by atoms with Crippen LogP contribution in [0.25, 0.3) is 0 Å². The summed E-state index contributed by atoms with van der Waals surface area (Å²) in [7, 11) is 0. The highest BCUT2D eigenvalue weighted by Gasteiger charge is 2.20. The van der Waals surface area contributed by atoms with Gasteiger partial charge in [0.15, 0.2) is 0 Å². The summed E-state index contributed by atoms with van der Waals surface area (Å²) in [5.41, 5.74) is 0.837. The zero-order chi connectivity index (χ0) is 11.4. The third-order valence-electron chi connectivity index (χ3n) is 2.66. The molecule has 0 atom stereocenters. The molecule has 1 N–H and O–H groups in total. The van der Waals surface area contributed by atoms with E-state index in [2.05, 4.69) is 10.3 Å². The van der Waals surface area contributed by atoms with Crippen molar-refractivity contribution >= 4 is 5.91 Å². The van der Waals surface area contributed by atoms with Gasteiger partial charge in [0.2, 0.25) is 0 Å². The smallest absolute Gasteiger partial charge is 0.269 e. The zero-order valence-electron chi connectivity index (χ0n) is 8.94. The van der Waals surface area contributed by atoms with Crippen LogP contribution in [0.3, 0.4) is 0 Å². The van der Waals surface area contributed by atoms with Crippen LogP contribution < -0.4 is 5.32 Å². The number of nitrogens with zero attached hydrogens (tertiary/aromatic N) is 2. The first-order chi connectivity index (χ1) is 7.79. The van der Waals surface area contributed by atoms with Gasteiger partial charge in [0.05, 0.1) is 5.56 Å². The monoisotopic (exact) mass is 215 g/mol. The molecular formula is C12H13N3O. The Morgan fingerprint density at radius 3 is 2.94 bits per heavy atom. The Kier molecular flexibility index (Phi) is 3.16. The minimum atomic E-state index is -0.162. The normalized spacial score (nSPS) is 14.2. The van der Waals surface area contributed by atoms with Crippen LogP contribution >= 0.6 is 0 Å². The fourth-order valence-electron chi connectivity index (χ4n) is 1.48. The highest BCUT2D eigenvalue weighted by molar-refractivity contribution is 5.92. The van der Waals surface area contributed by atoms with Gasteiger partial charge in [-0.05, 0) is 24.5 Å². The number of amides is 1. The van der Waals surface area contributed by atoms with Crippen LogP contribution in [0.5, 0.6) is 0 Å². The molecule has 0 bridgehead atoms. The first-order valence-electron chi connectivity index (χ1n) is 5.44. The number of pyridine rings is 1. The summed E-state index contributed by atoms with van der Waals surface area (Å²) in [4.78, 5) is 15.5. The molecule has 4 heteroatoms. The van der Waals surface area contributed by atoms with Crippen LogP contribution in [0.4, 0.5) is 0 Å². The molecule has 1 aliphatic carbocycles. The topological polar surface area (TPSA) is 65.8 Å². The van der Waals surface area contributed by atoms with Gasteiger partial charge in [-0.25, -0.2) is 4.98 Å². The van der Waals surface area contributed by atoms with Gasteiger partial charge in [0.1, 0.15) is 11.8 Å². The number of carbonyl (C=O) groups excluding carboxylic acids is 1. The fourth-order valence-corrected chi connectivity index (χ4v) is 1.48. The van der Waals surface area contributed by atoms with Crippen molar-refractivity contribution in [2.24, 2.45) is 5.92 Å². The van der Waals surface area contributed by atoms with Crippen molar-refractivity contribution in [3.63, 3.8) is 0 Å². The maximum Gasteiger partial charge on any atom is 0.269 e. The van der Waals surface area contributed by atoms with Gasteiger partial charge in [-0.15, -0.1) is 0 Å². The van der Waals surface area contributed by atoms with E-state index < -0.39 is 0 Å². The highest BCUT2D eigenvalue weighted by Crippen LogP contribution is 2.31. The third-order valence-corrected chi connectivity index (χ3v) is 2.66. The molecule has 1 amide bonds. The van der Waals surface area contributed by atoms with Gasteiger partial charge in [0, 0.05) is 12.7 Å². The SMILES string of the molecule is N#Cc1ccc(C(=O)NCCC2CC2)nc1. The van der Waals surface area contributed by atoms with Crippen molar-refractivity contribution in [3.8, 4) is 6.07 Å². The van der Waals surface area contributed by atoms with E-state index in [1.165, 1.54) is 19.0 Å². The van der Waals surface area contributed by atoms with Crippen LogP contribution in [-0.2, 0) is 0 Å². The van der Waals surface area contributed by atoms with Crippen LogP contribution in [-0.4, -0.2) is 17.4 Å². The van der Waals surface area contributed by atoms with Gasteiger partial charge in [-0.3, -0.25) is 4.79 Å². The minimum Gasteiger partial charge on any atom is -0.351 e. The number of nitrogens with one attached hydrogen (secondary N) is 1. The molecule has 0 aromatic carbocycles. The first kappa shape index (κ1) is 10.6. The third kappa shape index (κ3) is 2.80. The number of rotatable bonds is 4. The summed E-state index contributed by atoms with van der Waals surface area (Å²) in [6.45, 7) is 0.713. The predicted molar refractivity (Wildman–Crippen MR) is 58.6 cm³/mol. The summed E-state index contributed by atoms with van der Waals surface area (Å²) in [5, 5.41) is 11.4. The molecule has 0 spiro atoms. The number of hydrogen-bond acceptors (Lipinski definition) is 3. The van der Waals surface area contributed by atoms with Gasteiger partial charge in [-0.2, -0.15) is 5.26 Å². The van der Waals surface area contributed by atoms with Gasteiger partial charge >= 0.3 is 0 Å². The first-order valence-corrected chi connectivity index (χ1v) is 5.44. The molecule has 0 radical (unpaired) electrons. The molecule has 82 valence electrons. The van der Waals surface area contributed by atoms with Gasteiger partial charge in [0.25, 0.3) is 5.91 Å². The molecule has 2 rings (SSSR count). The van der Waals surface area contributed by atoms with E-state index in [0.717, 1.165) is 12.3 Å². The lowest BCUT2D eigenvalue weighted by Crippen LogP contribution is -2.25. The molecular weight excluding hydrogens is 202 g/mol. The minimum absolute atomic E-state index is 0.162. The maximum absolute atomic E-state index is 11.6. The Bertz CT molecular complexity index is 415. The molecule has 0 aliphatic heterocycles. The Morgan fingerprint density at radius 1 is 1.56 bits per heavy atom. The molecule has 1 fully saturated rings. The second-order valence-corrected chi connectivity index (χ2v) is 4.03. The van der Waals surface area contributed by atoms with E-state index in [0.29, 0.717) is 17.8 Å². The number of hydrogen-bond donors (Lipinski definition) is 1. The van der Waals surface area contributed by atoms with E-state index in [1.54, 1.807) is 12.1 Å². The molecule has 0 unspecified atom stereocenters. The maximum atomic E-state index is 11.6. The second kappa shape index (κ2) is 4.75. The Hall–Kier alpha value is -1.89. The lowest BCUT2D eigenvalue weighted by molar-refractivity contribution is 0.0947. The van der Waals surface area contributed by atoms with E-state index in [1.807, 2.05) is 6.07 Å². The second-order valence-electron chi connectivity index (χ2n) is 4.03. The Morgan fingerprint density at radius 2 is 2.38 bits per heavy atom. The summed E-state index contributed by atoms with van der Waals surface area (Å²) in [6, 6.07) is 5.14. The largest absolute Gasteiger partial charge is 0.351 e. The Labute approximate surface area is 94.3 Å². The number of nitriles is 1. The van der Waals surface area contributed by atoms with Crippen molar-refractivity contribution in [3.05, 3.63) is 29.6 Å². The van der Waals surface area contributed by atoms with Gasteiger partial charge < -0.3 is 5.32 Å². The van der Waals surface area contributed by atoms with Crippen molar-refractivity contribution in [2.75, 3.05) is 6.54 Å². The molecule has 1 aromatic rings. The summed E-state index contributed by atoms with van der Waals surface area (Å²) in [5.74, 6) is 0.652. The lowest BCUT2D eigenvalue weighted by atomic mass is 10.2. The van der Waals surface area contributed by atoms with Crippen molar-refractivity contribution < 1.29 is 4.79 Å². The molecule has 4 nitrogen and oxygen atoms in total. The van der Waals surface area contributed by atoms with Gasteiger partial charge in [-0.1, -0.05) is 12.8 Å². The Balaban J connectivity index is 1.84. The quantitative estimate of drug-likeness (QED) is 0.827. The molecule has 16 heavy (non-hydrogen) atoms. The van der Waals surface area contributed by atoms with Crippen LogP contribution in [0.1, 0.15) is 35.3 Å². The fraction of sp³-hybridized carbons (Fsp3) is 0.417. The molecule has 1 heterocycles. The average molecular weight is 215 g/mol. The van der Waals surface area contributed by atoms with E-state index >= 15 is 0 Å². The summed E-state index contributed by atoms with van der Waals surface area (Å²) in [6.07, 6.45) is 5.06. The zero-order valence-corrected chi connectivity index (χ0v) is 8.94. The lowest BCUT2D eigenvalue weighted by Gasteiger charge is -2.03.